The largest absolute Gasteiger partial charge is 0.449 e. The molecule has 1 heterocycles. The molecule has 2 aromatic rings. The maximum Gasteiger partial charge on any atom is 0.407 e. The van der Waals surface area contributed by atoms with E-state index in [9.17, 15) is 9.90 Å². The van der Waals surface area contributed by atoms with Crippen LogP contribution in [0.4, 0.5) is 4.79 Å². The van der Waals surface area contributed by atoms with E-state index < -0.39 is 17.4 Å². The lowest BCUT2D eigenvalue weighted by Gasteiger charge is -2.42. The number of aliphatic hydroxyl groups excluding tert-OH is 1. The van der Waals surface area contributed by atoms with Crippen molar-refractivity contribution in [1.82, 2.24) is 5.32 Å². The van der Waals surface area contributed by atoms with Crippen molar-refractivity contribution >= 4 is 6.09 Å². The van der Waals surface area contributed by atoms with Gasteiger partial charge in [0.15, 0.2) is 5.79 Å². The fourth-order valence-corrected chi connectivity index (χ4v) is 3.76. The van der Waals surface area contributed by atoms with E-state index in [2.05, 4.69) is 29.6 Å². The summed E-state index contributed by atoms with van der Waals surface area (Å²) < 4.78 is 16.7. The molecular formula is C22H25NO5. The first kappa shape index (κ1) is 18.9. The lowest BCUT2D eigenvalue weighted by atomic mass is 9.98. The molecule has 4 rings (SSSR count). The zero-order valence-corrected chi connectivity index (χ0v) is 16.1. The van der Waals surface area contributed by atoms with Crippen LogP contribution in [0.15, 0.2) is 48.5 Å². The van der Waals surface area contributed by atoms with Crippen molar-refractivity contribution in [3.63, 3.8) is 0 Å². The SMILES string of the molecule is CC1(C)OCC(CO)(NC(=O)OCC2c3ccccc3-c3ccccc32)CO1. The minimum atomic E-state index is -1.00. The lowest BCUT2D eigenvalue weighted by molar-refractivity contribution is -0.274. The average Bonchev–Trinajstić information content (AvgIpc) is 3.02. The van der Waals surface area contributed by atoms with Crippen molar-refractivity contribution in [2.75, 3.05) is 26.4 Å². The first-order valence-corrected chi connectivity index (χ1v) is 9.45. The molecule has 0 saturated carbocycles. The van der Waals surface area contributed by atoms with Gasteiger partial charge in [-0.05, 0) is 36.1 Å². The molecular weight excluding hydrogens is 358 g/mol. The van der Waals surface area contributed by atoms with Crippen LogP contribution in [0.25, 0.3) is 11.1 Å². The van der Waals surface area contributed by atoms with E-state index in [0.29, 0.717) is 0 Å². The number of hydrogen-bond donors (Lipinski definition) is 2. The summed E-state index contributed by atoms with van der Waals surface area (Å²) in [6.07, 6.45) is -0.595. The molecule has 6 heteroatoms. The molecule has 1 aliphatic heterocycles. The van der Waals surface area contributed by atoms with Crippen molar-refractivity contribution in [1.29, 1.82) is 0 Å². The van der Waals surface area contributed by atoms with Gasteiger partial charge in [0.1, 0.15) is 12.1 Å². The average molecular weight is 383 g/mol. The van der Waals surface area contributed by atoms with Gasteiger partial charge >= 0.3 is 6.09 Å². The third kappa shape index (κ3) is 3.51. The van der Waals surface area contributed by atoms with Gasteiger partial charge in [-0.2, -0.15) is 0 Å². The van der Waals surface area contributed by atoms with Gasteiger partial charge in [-0.3, -0.25) is 0 Å². The molecule has 1 aliphatic carbocycles. The van der Waals surface area contributed by atoms with Gasteiger partial charge in [-0.1, -0.05) is 48.5 Å². The van der Waals surface area contributed by atoms with Gasteiger partial charge < -0.3 is 24.6 Å². The Bertz CT molecular complexity index is 823. The smallest absolute Gasteiger partial charge is 0.407 e. The predicted molar refractivity (Wildman–Crippen MR) is 104 cm³/mol. The molecule has 2 aliphatic rings. The first-order chi connectivity index (χ1) is 13.4. The topological polar surface area (TPSA) is 77.0 Å². The maximum atomic E-state index is 12.5. The highest BCUT2D eigenvalue weighted by molar-refractivity contribution is 5.79. The van der Waals surface area contributed by atoms with Crippen molar-refractivity contribution < 1.29 is 24.1 Å². The quantitative estimate of drug-likeness (QED) is 0.849. The Hall–Kier alpha value is -2.41. The molecule has 2 aromatic carbocycles. The van der Waals surface area contributed by atoms with E-state index in [4.69, 9.17) is 14.2 Å². The van der Waals surface area contributed by atoms with E-state index in [1.807, 2.05) is 24.3 Å². The van der Waals surface area contributed by atoms with Gasteiger partial charge in [-0.25, -0.2) is 4.79 Å². The molecule has 148 valence electrons. The molecule has 0 aromatic heterocycles. The maximum absolute atomic E-state index is 12.5. The number of carbonyl (C=O) groups excluding carboxylic acids is 1. The second kappa shape index (κ2) is 7.20. The summed E-state index contributed by atoms with van der Waals surface area (Å²) in [6, 6.07) is 16.3. The van der Waals surface area contributed by atoms with Crippen LogP contribution < -0.4 is 5.32 Å². The number of nitrogens with one attached hydrogen (secondary N) is 1. The summed E-state index contributed by atoms with van der Waals surface area (Å²) in [5, 5.41) is 12.5. The molecule has 0 atom stereocenters. The minimum Gasteiger partial charge on any atom is -0.449 e. The van der Waals surface area contributed by atoms with Gasteiger partial charge in [0, 0.05) is 5.92 Å². The monoisotopic (exact) mass is 383 g/mol. The van der Waals surface area contributed by atoms with Crippen LogP contribution in [0, 0.1) is 0 Å². The summed E-state index contributed by atoms with van der Waals surface area (Å²) in [4.78, 5) is 12.5. The highest BCUT2D eigenvalue weighted by Gasteiger charge is 2.41. The van der Waals surface area contributed by atoms with Gasteiger partial charge in [-0.15, -0.1) is 0 Å². The van der Waals surface area contributed by atoms with Crippen LogP contribution in [0.5, 0.6) is 0 Å². The molecule has 2 N–H and O–H groups in total. The van der Waals surface area contributed by atoms with Crippen LogP contribution in [0.1, 0.15) is 30.9 Å². The van der Waals surface area contributed by atoms with Crippen molar-refractivity contribution in [3.05, 3.63) is 59.7 Å². The summed E-state index contributed by atoms with van der Waals surface area (Å²) >= 11 is 0. The Morgan fingerprint density at radius 3 is 2.14 bits per heavy atom. The van der Waals surface area contributed by atoms with E-state index in [1.54, 1.807) is 13.8 Å². The molecule has 28 heavy (non-hydrogen) atoms. The van der Waals surface area contributed by atoms with Crippen LogP contribution in [0.3, 0.4) is 0 Å². The molecule has 0 unspecified atom stereocenters. The van der Waals surface area contributed by atoms with Crippen LogP contribution in [0.2, 0.25) is 0 Å². The second-order valence-corrected chi connectivity index (χ2v) is 7.87. The van der Waals surface area contributed by atoms with Crippen molar-refractivity contribution in [2.24, 2.45) is 0 Å². The summed E-state index contributed by atoms with van der Waals surface area (Å²) in [5.41, 5.74) is 3.65. The normalized spacial score (nSPS) is 19.5. The van der Waals surface area contributed by atoms with E-state index >= 15 is 0 Å². The third-order valence-corrected chi connectivity index (χ3v) is 5.41. The summed E-state index contributed by atoms with van der Waals surface area (Å²) in [7, 11) is 0. The number of benzene rings is 2. The number of amides is 1. The minimum absolute atomic E-state index is 0.0129. The molecule has 0 bridgehead atoms. The second-order valence-electron chi connectivity index (χ2n) is 7.87. The Morgan fingerprint density at radius 1 is 1.07 bits per heavy atom. The lowest BCUT2D eigenvalue weighted by Crippen LogP contribution is -2.63. The number of fused-ring (bicyclic) bond motifs is 3. The molecule has 1 saturated heterocycles. The Kier molecular flexibility index (Phi) is 4.87. The molecule has 6 nitrogen and oxygen atoms in total. The van der Waals surface area contributed by atoms with Crippen molar-refractivity contribution in [2.45, 2.75) is 31.1 Å². The zero-order valence-electron chi connectivity index (χ0n) is 16.1. The standard InChI is InChI=1S/C22H25NO5/c1-21(2)27-13-22(12-24,14-28-21)23-20(25)26-11-19-17-9-5-3-7-15(17)16-8-4-6-10-18(16)19/h3-10,19,24H,11-14H2,1-2H3,(H,23,25). The Balaban J connectivity index is 1.44. The number of hydrogen-bond acceptors (Lipinski definition) is 5. The summed E-state index contributed by atoms with van der Waals surface area (Å²) in [6.45, 7) is 3.81. The van der Waals surface area contributed by atoms with Crippen molar-refractivity contribution in [3.8, 4) is 11.1 Å². The Morgan fingerprint density at radius 2 is 1.61 bits per heavy atom. The van der Waals surface area contributed by atoms with E-state index in [-0.39, 0.29) is 32.3 Å². The molecule has 1 fully saturated rings. The molecule has 0 radical (unpaired) electrons. The number of aliphatic hydroxyl groups is 1. The number of ether oxygens (including phenoxy) is 3. The summed E-state index contributed by atoms with van der Waals surface area (Å²) in [5.74, 6) is -0.748. The Labute approximate surface area is 164 Å². The van der Waals surface area contributed by atoms with Crippen LogP contribution >= 0.6 is 0 Å². The van der Waals surface area contributed by atoms with E-state index in [1.165, 1.54) is 11.1 Å². The number of carbonyl (C=O) groups is 1. The van der Waals surface area contributed by atoms with Gasteiger partial charge in [0.05, 0.1) is 19.8 Å². The number of rotatable bonds is 4. The fourth-order valence-electron chi connectivity index (χ4n) is 3.76. The highest BCUT2D eigenvalue weighted by atomic mass is 16.7. The molecule has 0 spiro atoms. The van der Waals surface area contributed by atoms with E-state index in [0.717, 1.165) is 11.1 Å². The molecule has 1 amide bonds. The number of alkyl carbamates (subject to hydrolysis) is 1. The highest BCUT2D eigenvalue weighted by Crippen LogP contribution is 2.44. The van der Waals surface area contributed by atoms with Gasteiger partial charge in [0.2, 0.25) is 0 Å². The third-order valence-electron chi connectivity index (χ3n) is 5.41. The van der Waals surface area contributed by atoms with Gasteiger partial charge in [0.25, 0.3) is 0 Å². The zero-order chi connectivity index (χ0) is 19.8. The van der Waals surface area contributed by atoms with Crippen LogP contribution in [-0.2, 0) is 14.2 Å². The fraction of sp³-hybridized carbons (Fsp3) is 0.409. The predicted octanol–water partition coefficient (Wildman–Crippen LogP) is 3.04. The van der Waals surface area contributed by atoms with Crippen LogP contribution in [-0.4, -0.2) is 49.0 Å². The first-order valence-electron chi connectivity index (χ1n) is 9.45.